The molecule has 4 atom stereocenters. The van der Waals surface area contributed by atoms with Crippen LogP contribution in [0.5, 0.6) is 0 Å². The molecule has 154 valence electrons. The van der Waals surface area contributed by atoms with Crippen molar-refractivity contribution in [2.45, 2.75) is 50.0 Å². The largest absolute Gasteiger partial charge is 0.391 e. The van der Waals surface area contributed by atoms with Gasteiger partial charge in [0.2, 0.25) is 11.8 Å². The SMILES string of the molecule is O=C1CN[C@@H](C(=O)NC2CCCC(C(F)(F)F)C2)[C@H](c2cc(F)ccc2Cl)N1. The molecule has 1 aliphatic heterocycles. The molecular formula is C18H20ClF4N3O2. The number of alkyl halides is 3. The van der Waals surface area contributed by atoms with Crippen LogP contribution in [0.25, 0.3) is 0 Å². The molecule has 2 fully saturated rings. The van der Waals surface area contributed by atoms with E-state index in [0.29, 0.717) is 12.8 Å². The van der Waals surface area contributed by atoms with Gasteiger partial charge in [0.1, 0.15) is 11.9 Å². The van der Waals surface area contributed by atoms with E-state index < -0.39 is 47.9 Å². The van der Waals surface area contributed by atoms with Crippen molar-refractivity contribution in [3.05, 3.63) is 34.6 Å². The van der Waals surface area contributed by atoms with Crippen LogP contribution in [0.15, 0.2) is 18.2 Å². The standard InChI is InChI=1S/C18H20ClF4N3O2/c19-13-5-4-10(20)7-12(13)15-16(24-8-14(27)26-15)17(28)25-11-3-1-2-9(6-11)18(21,22)23/h4-5,7,9,11,15-16,24H,1-3,6,8H2,(H,25,28)(H,26,27)/t9?,11?,15-,16+/m0/s1. The molecule has 1 aromatic rings. The smallest absolute Gasteiger partial charge is 0.352 e. The zero-order valence-corrected chi connectivity index (χ0v) is 15.5. The number of carbonyl (C=O) groups excluding carboxylic acids is 2. The van der Waals surface area contributed by atoms with Crippen molar-refractivity contribution < 1.29 is 27.2 Å². The van der Waals surface area contributed by atoms with Crippen molar-refractivity contribution in [1.29, 1.82) is 0 Å². The Kier molecular flexibility index (Phi) is 6.14. The fourth-order valence-electron chi connectivity index (χ4n) is 3.79. The topological polar surface area (TPSA) is 70.2 Å². The van der Waals surface area contributed by atoms with E-state index in [2.05, 4.69) is 16.0 Å². The molecule has 2 amide bonds. The number of carbonyl (C=O) groups is 2. The van der Waals surface area contributed by atoms with Gasteiger partial charge in [-0.15, -0.1) is 0 Å². The van der Waals surface area contributed by atoms with Gasteiger partial charge in [0, 0.05) is 11.1 Å². The molecule has 5 nitrogen and oxygen atoms in total. The van der Waals surface area contributed by atoms with Crippen molar-refractivity contribution in [2.24, 2.45) is 5.92 Å². The van der Waals surface area contributed by atoms with E-state index in [9.17, 15) is 27.2 Å². The van der Waals surface area contributed by atoms with E-state index in [1.165, 1.54) is 6.07 Å². The fourth-order valence-corrected chi connectivity index (χ4v) is 4.03. The molecule has 2 unspecified atom stereocenters. The highest BCUT2D eigenvalue weighted by molar-refractivity contribution is 6.31. The predicted octanol–water partition coefficient (Wildman–Crippen LogP) is 2.85. The van der Waals surface area contributed by atoms with E-state index in [1.807, 2.05) is 0 Å². The number of nitrogens with one attached hydrogen (secondary N) is 3. The highest BCUT2D eigenvalue weighted by Gasteiger charge is 2.43. The Morgan fingerprint density at radius 2 is 2.00 bits per heavy atom. The Balaban J connectivity index is 1.75. The van der Waals surface area contributed by atoms with Crippen LogP contribution >= 0.6 is 11.6 Å². The number of piperazine rings is 1. The number of rotatable bonds is 3. The Morgan fingerprint density at radius 3 is 2.71 bits per heavy atom. The maximum atomic E-state index is 13.7. The second-order valence-corrected chi connectivity index (χ2v) is 7.59. The monoisotopic (exact) mass is 421 g/mol. The van der Waals surface area contributed by atoms with Crippen LogP contribution < -0.4 is 16.0 Å². The summed E-state index contributed by atoms with van der Waals surface area (Å²) in [5, 5.41) is 8.20. The summed E-state index contributed by atoms with van der Waals surface area (Å²) in [5.41, 5.74) is 0.221. The first-order valence-corrected chi connectivity index (χ1v) is 9.37. The van der Waals surface area contributed by atoms with Gasteiger partial charge >= 0.3 is 6.18 Å². The molecule has 3 N–H and O–H groups in total. The molecule has 10 heteroatoms. The average molecular weight is 422 g/mol. The Labute approximate surface area is 164 Å². The van der Waals surface area contributed by atoms with Crippen molar-refractivity contribution in [3.63, 3.8) is 0 Å². The second kappa shape index (κ2) is 8.24. The Morgan fingerprint density at radius 1 is 1.25 bits per heavy atom. The predicted molar refractivity (Wildman–Crippen MR) is 94.0 cm³/mol. The number of halogens is 5. The summed E-state index contributed by atoms with van der Waals surface area (Å²) in [6.07, 6.45) is -3.61. The molecule has 1 saturated carbocycles. The van der Waals surface area contributed by atoms with Gasteiger partial charge in [-0.3, -0.25) is 14.9 Å². The van der Waals surface area contributed by atoms with Gasteiger partial charge in [0.05, 0.1) is 18.5 Å². The zero-order chi connectivity index (χ0) is 20.5. The number of hydrogen-bond donors (Lipinski definition) is 3. The Bertz CT molecular complexity index is 759. The molecule has 0 bridgehead atoms. The van der Waals surface area contributed by atoms with Gasteiger partial charge in [-0.1, -0.05) is 18.0 Å². The molecule has 0 radical (unpaired) electrons. The third-order valence-corrected chi connectivity index (χ3v) is 5.54. The molecule has 1 saturated heterocycles. The third-order valence-electron chi connectivity index (χ3n) is 5.19. The molecule has 1 aliphatic carbocycles. The van der Waals surface area contributed by atoms with Crippen LogP contribution in [0.4, 0.5) is 17.6 Å². The van der Waals surface area contributed by atoms with Crippen molar-refractivity contribution in [2.75, 3.05) is 6.54 Å². The molecule has 0 spiro atoms. The first-order chi connectivity index (χ1) is 13.1. The lowest BCUT2D eigenvalue weighted by molar-refractivity contribution is -0.184. The van der Waals surface area contributed by atoms with Crippen molar-refractivity contribution >= 4 is 23.4 Å². The van der Waals surface area contributed by atoms with E-state index in [-0.39, 0.29) is 30.0 Å². The van der Waals surface area contributed by atoms with Crippen LogP contribution in [0.1, 0.15) is 37.3 Å². The number of benzene rings is 1. The Hall–Kier alpha value is -1.87. The normalized spacial score (nSPS) is 28.5. The lowest BCUT2D eigenvalue weighted by Gasteiger charge is -2.36. The quantitative estimate of drug-likeness (QED) is 0.657. The van der Waals surface area contributed by atoms with Gasteiger partial charge in [-0.05, 0) is 43.0 Å². The van der Waals surface area contributed by atoms with Crippen LogP contribution in [0, 0.1) is 11.7 Å². The van der Waals surface area contributed by atoms with E-state index >= 15 is 0 Å². The van der Waals surface area contributed by atoms with E-state index in [0.717, 1.165) is 12.1 Å². The minimum Gasteiger partial charge on any atom is -0.352 e. The highest BCUT2D eigenvalue weighted by Crippen LogP contribution is 2.37. The highest BCUT2D eigenvalue weighted by atomic mass is 35.5. The first kappa shape index (κ1) is 20.9. The first-order valence-electron chi connectivity index (χ1n) is 9.00. The molecule has 28 heavy (non-hydrogen) atoms. The maximum Gasteiger partial charge on any atom is 0.391 e. The number of amides is 2. The molecule has 0 aromatic heterocycles. The third kappa shape index (κ3) is 4.75. The van der Waals surface area contributed by atoms with E-state index in [1.54, 1.807) is 0 Å². The minimum atomic E-state index is -4.29. The van der Waals surface area contributed by atoms with Gasteiger partial charge in [-0.2, -0.15) is 13.2 Å². The maximum absolute atomic E-state index is 13.7. The second-order valence-electron chi connectivity index (χ2n) is 7.18. The molecule has 1 aromatic carbocycles. The van der Waals surface area contributed by atoms with Crippen LogP contribution in [-0.4, -0.2) is 36.6 Å². The van der Waals surface area contributed by atoms with Crippen LogP contribution in [-0.2, 0) is 9.59 Å². The fraction of sp³-hybridized carbons (Fsp3) is 0.556. The van der Waals surface area contributed by atoms with Crippen molar-refractivity contribution in [1.82, 2.24) is 16.0 Å². The average Bonchev–Trinajstić information content (AvgIpc) is 2.63. The molecular weight excluding hydrogens is 402 g/mol. The summed E-state index contributed by atoms with van der Waals surface area (Å²) in [5.74, 6) is -2.99. The van der Waals surface area contributed by atoms with Gasteiger partial charge in [0.25, 0.3) is 0 Å². The van der Waals surface area contributed by atoms with E-state index in [4.69, 9.17) is 11.6 Å². The summed E-state index contributed by atoms with van der Waals surface area (Å²) in [6, 6.07) is 1.06. The lowest BCUT2D eigenvalue weighted by atomic mass is 9.85. The van der Waals surface area contributed by atoms with Crippen molar-refractivity contribution in [3.8, 4) is 0 Å². The summed E-state index contributed by atoms with van der Waals surface area (Å²) in [4.78, 5) is 24.6. The lowest BCUT2D eigenvalue weighted by Crippen LogP contribution is -2.61. The summed E-state index contributed by atoms with van der Waals surface area (Å²) < 4.78 is 52.6. The van der Waals surface area contributed by atoms with Gasteiger partial charge < -0.3 is 10.6 Å². The van der Waals surface area contributed by atoms with Gasteiger partial charge in [-0.25, -0.2) is 4.39 Å². The molecule has 1 heterocycles. The molecule has 3 rings (SSSR count). The summed E-state index contributed by atoms with van der Waals surface area (Å²) >= 11 is 6.11. The summed E-state index contributed by atoms with van der Waals surface area (Å²) in [7, 11) is 0. The van der Waals surface area contributed by atoms with Crippen LogP contribution in [0.2, 0.25) is 5.02 Å². The molecule has 2 aliphatic rings. The minimum absolute atomic E-state index is 0.0507. The summed E-state index contributed by atoms with van der Waals surface area (Å²) in [6.45, 7) is -0.142. The van der Waals surface area contributed by atoms with Gasteiger partial charge in [0.15, 0.2) is 0 Å². The zero-order valence-electron chi connectivity index (χ0n) is 14.8. The van der Waals surface area contributed by atoms with Crippen LogP contribution in [0.3, 0.4) is 0 Å². The number of hydrogen-bond acceptors (Lipinski definition) is 3.